The Kier molecular flexibility index (Phi) is 3.41. The molecule has 6 heteroatoms. The van der Waals surface area contributed by atoms with Crippen molar-refractivity contribution in [2.24, 2.45) is 0 Å². The molecule has 0 fully saturated rings. The van der Waals surface area contributed by atoms with Crippen LogP contribution in [0.15, 0.2) is 36.0 Å². The fourth-order valence-corrected chi connectivity index (χ4v) is 1.77. The number of carboxylic acids is 1. The molecule has 1 N–H and O–H groups in total. The van der Waals surface area contributed by atoms with E-state index in [0.717, 1.165) is 6.20 Å². The average Bonchev–Trinajstić information content (AvgIpc) is 2.36. The monoisotopic (exact) mass is 263 g/mol. The number of hydrogen-bond acceptors (Lipinski definition) is 4. The van der Waals surface area contributed by atoms with Gasteiger partial charge in [-0.2, -0.15) is 0 Å². The number of rotatable bonds is 3. The number of halogens is 1. The van der Waals surface area contributed by atoms with Crippen LogP contribution in [0.2, 0.25) is 0 Å². The summed E-state index contributed by atoms with van der Waals surface area (Å²) in [6.07, 6.45) is 1.15. The summed E-state index contributed by atoms with van der Waals surface area (Å²) >= 11 is 0. The Hall–Kier alpha value is -2.50. The average molecular weight is 263 g/mol. The van der Waals surface area contributed by atoms with Gasteiger partial charge in [0, 0.05) is 12.7 Å². The molecule has 0 amide bonds. The van der Waals surface area contributed by atoms with Gasteiger partial charge in [0.1, 0.15) is 11.4 Å². The van der Waals surface area contributed by atoms with Gasteiger partial charge in [-0.3, -0.25) is 9.59 Å². The maximum atomic E-state index is 12.7. The van der Waals surface area contributed by atoms with Crippen molar-refractivity contribution in [3.63, 3.8) is 0 Å². The number of benzene rings is 1. The van der Waals surface area contributed by atoms with Crippen LogP contribution < -0.4 is 0 Å². The van der Waals surface area contributed by atoms with Crippen LogP contribution in [0.3, 0.4) is 0 Å². The first kappa shape index (κ1) is 12.9. The zero-order valence-corrected chi connectivity index (χ0v) is 9.80. The Bertz CT molecular complexity index is 577. The largest absolute Gasteiger partial charge is 0.477 e. The molecule has 1 aliphatic heterocycles. The van der Waals surface area contributed by atoms with E-state index in [2.05, 4.69) is 0 Å². The van der Waals surface area contributed by atoms with E-state index in [9.17, 15) is 18.8 Å². The van der Waals surface area contributed by atoms with Gasteiger partial charge < -0.3 is 10.0 Å². The Morgan fingerprint density at radius 2 is 1.89 bits per heavy atom. The highest BCUT2D eigenvalue weighted by Gasteiger charge is 2.30. The van der Waals surface area contributed by atoms with E-state index in [1.165, 1.54) is 29.2 Å². The highest BCUT2D eigenvalue weighted by Crippen LogP contribution is 2.13. The van der Waals surface area contributed by atoms with E-state index in [1.54, 1.807) is 0 Å². The van der Waals surface area contributed by atoms with E-state index in [0.29, 0.717) is 5.56 Å². The van der Waals surface area contributed by atoms with Crippen LogP contribution >= 0.6 is 0 Å². The normalized spacial score (nSPS) is 15.4. The first-order valence-electron chi connectivity index (χ1n) is 5.48. The summed E-state index contributed by atoms with van der Waals surface area (Å²) in [5, 5.41) is 8.83. The molecule has 0 saturated heterocycles. The summed E-state index contributed by atoms with van der Waals surface area (Å²) < 4.78 is 12.7. The van der Waals surface area contributed by atoms with Crippen LogP contribution in [-0.4, -0.2) is 34.1 Å². The molecule has 5 nitrogen and oxygen atoms in total. The molecule has 98 valence electrons. The third-order valence-corrected chi connectivity index (χ3v) is 2.69. The number of nitrogens with zero attached hydrogens (tertiary/aromatic N) is 1. The molecule has 0 spiro atoms. The van der Waals surface area contributed by atoms with E-state index >= 15 is 0 Å². The van der Waals surface area contributed by atoms with E-state index in [1.807, 2.05) is 0 Å². The summed E-state index contributed by atoms with van der Waals surface area (Å²) in [6.45, 7) is 0.0586. The van der Waals surface area contributed by atoms with Crippen LogP contribution in [0, 0.1) is 5.82 Å². The van der Waals surface area contributed by atoms with Crippen molar-refractivity contribution in [1.29, 1.82) is 0 Å². The van der Waals surface area contributed by atoms with Gasteiger partial charge in [0.15, 0.2) is 0 Å². The molecule has 0 saturated carbocycles. The van der Waals surface area contributed by atoms with Gasteiger partial charge in [0.2, 0.25) is 11.6 Å². The third-order valence-electron chi connectivity index (χ3n) is 2.69. The van der Waals surface area contributed by atoms with E-state index in [-0.39, 0.29) is 18.9 Å². The highest BCUT2D eigenvalue weighted by molar-refractivity contribution is 6.50. The number of carbonyl (C=O) groups is 3. The van der Waals surface area contributed by atoms with Crippen LogP contribution in [0.5, 0.6) is 0 Å². The first-order chi connectivity index (χ1) is 8.97. The van der Waals surface area contributed by atoms with Crippen molar-refractivity contribution in [3.8, 4) is 0 Å². The van der Waals surface area contributed by atoms with Gasteiger partial charge in [-0.15, -0.1) is 0 Å². The zero-order chi connectivity index (χ0) is 14.0. The van der Waals surface area contributed by atoms with Crippen LogP contribution in [0.25, 0.3) is 0 Å². The number of carboxylic acid groups (broad SMARTS) is 1. The predicted molar refractivity (Wildman–Crippen MR) is 62.5 cm³/mol. The summed E-state index contributed by atoms with van der Waals surface area (Å²) in [7, 11) is 0. The van der Waals surface area contributed by atoms with Crippen LogP contribution in [-0.2, 0) is 20.9 Å². The molecule has 0 radical (unpaired) electrons. The number of ketones is 2. The second-order valence-electron chi connectivity index (χ2n) is 4.13. The number of hydrogen-bond donors (Lipinski definition) is 1. The topological polar surface area (TPSA) is 74.7 Å². The van der Waals surface area contributed by atoms with Gasteiger partial charge >= 0.3 is 5.97 Å². The molecule has 1 aromatic rings. The smallest absolute Gasteiger partial charge is 0.341 e. The molecule has 1 heterocycles. The molecule has 0 aromatic heterocycles. The second-order valence-corrected chi connectivity index (χ2v) is 4.13. The molecule has 0 unspecified atom stereocenters. The SMILES string of the molecule is O=C(O)C1=CN(Cc2ccc(F)cc2)CC(=O)C1=O. The number of carbonyl (C=O) groups excluding carboxylic acids is 2. The Morgan fingerprint density at radius 1 is 1.26 bits per heavy atom. The van der Waals surface area contributed by atoms with Crippen molar-refractivity contribution in [1.82, 2.24) is 4.90 Å². The van der Waals surface area contributed by atoms with Crippen molar-refractivity contribution < 1.29 is 23.9 Å². The molecule has 1 aromatic carbocycles. The van der Waals surface area contributed by atoms with Gasteiger partial charge in [-0.05, 0) is 17.7 Å². The molecule has 1 aliphatic rings. The maximum Gasteiger partial charge on any atom is 0.341 e. The lowest BCUT2D eigenvalue weighted by atomic mass is 10.0. The molecular formula is C13H10FNO4. The quantitative estimate of drug-likeness (QED) is 0.643. The molecular weight excluding hydrogens is 253 g/mol. The molecule has 2 rings (SSSR count). The molecule has 0 aliphatic carbocycles. The molecule has 19 heavy (non-hydrogen) atoms. The van der Waals surface area contributed by atoms with Gasteiger partial charge in [0.05, 0.1) is 6.54 Å². The highest BCUT2D eigenvalue weighted by atomic mass is 19.1. The summed E-state index contributed by atoms with van der Waals surface area (Å²) in [5.41, 5.74) is 0.169. The van der Waals surface area contributed by atoms with Crippen molar-refractivity contribution in [2.75, 3.05) is 6.54 Å². The third kappa shape index (κ3) is 2.85. The lowest BCUT2D eigenvalue weighted by Crippen LogP contribution is -2.38. The Morgan fingerprint density at radius 3 is 2.47 bits per heavy atom. The minimum Gasteiger partial charge on any atom is -0.477 e. The Balaban J connectivity index is 2.21. The lowest BCUT2D eigenvalue weighted by molar-refractivity contribution is -0.140. The Labute approximate surface area is 107 Å². The lowest BCUT2D eigenvalue weighted by Gasteiger charge is -2.23. The fourth-order valence-electron chi connectivity index (χ4n) is 1.77. The van der Waals surface area contributed by atoms with Crippen molar-refractivity contribution in [3.05, 3.63) is 47.4 Å². The molecule has 0 bridgehead atoms. The summed E-state index contributed by atoms with van der Waals surface area (Å²) in [5.74, 6) is -3.55. The molecule has 0 atom stereocenters. The van der Waals surface area contributed by atoms with E-state index in [4.69, 9.17) is 5.11 Å². The maximum absolute atomic E-state index is 12.7. The fraction of sp³-hybridized carbons (Fsp3) is 0.154. The van der Waals surface area contributed by atoms with Crippen LogP contribution in [0.1, 0.15) is 5.56 Å². The standard InChI is InChI=1S/C13H10FNO4/c14-9-3-1-8(2-4-9)5-15-6-10(13(18)19)12(17)11(16)7-15/h1-4,6H,5,7H2,(H,18,19). The zero-order valence-electron chi connectivity index (χ0n) is 9.80. The second kappa shape index (κ2) is 5.01. The van der Waals surface area contributed by atoms with Gasteiger partial charge in [0.25, 0.3) is 0 Å². The van der Waals surface area contributed by atoms with Gasteiger partial charge in [-0.25, -0.2) is 9.18 Å². The van der Waals surface area contributed by atoms with Crippen molar-refractivity contribution in [2.45, 2.75) is 6.54 Å². The number of Topliss-reactive ketones (excluding diaryl/α,β-unsaturated/α-hetero) is 2. The summed E-state index contributed by atoms with van der Waals surface area (Å²) in [4.78, 5) is 35.0. The minimum atomic E-state index is -1.43. The van der Waals surface area contributed by atoms with Crippen molar-refractivity contribution >= 4 is 17.5 Å². The first-order valence-corrected chi connectivity index (χ1v) is 5.48. The van der Waals surface area contributed by atoms with Crippen LogP contribution in [0.4, 0.5) is 4.39 Å². The minimum absolute atomic E-state index is 0.174. The number of aliphatic carboxylic acids is 1. The van der Waals surface area contributed by atoms with E-state index < -0.39 is 23.1 Å². The van der Waals surface area contributed by atoms with Gasteiger partial charge in [-0.1, -0.05) is 12.1 Å². The predicted octanol–water partition coefficient (Wildman–Crippen LogP) is 0.748. The summed E-state index contributed by atoms with van der Waals surface area (Å²) in [6, 6.07) is 5.61.